The molecule has 0 aromatic heterocycles. The molecule has 1 aromatic rings. The van der Waals surface area contributed by atoms with Crippen LogP contribution in [0.2, 0.25) is 5.02 Å². The average molecular weight is 258 g/mol. The van der Waals surface area contributed by atoms with Crippen molar-refractivity contribution in [3.05, 3.63) is 16.9 Å². The van der Waals surface area contributed by atoms with E-state index in [9.17, 15) is 4.39 Å². The lowest BCUT2D eigenvalue weighted by atomic mass is 10.1. The molecule has 17 heavy (non-hydrogen) atoms. The Morgan fingerprint density at radius 3 is 2.71 bits per heavy atom. The van der Waals surface area contributed by atoms with Crippen LogP contribution in [-0.4, -0.2) is 6.04 Å². The van der Waals surface area contributed by atoms with Gasteiger partial charge in [-0.05, 0) is 25.3 Å². The molecule has 0 radical (unpaired) electrons. The van der Waals surface area contributed by atoms with E-state index in [1.807, 2.05) is 6.92 Å². The summed E-state index contributed by atoms with van der Waals surface area (Å²) in [7, 11) is 0. The Kier molecular flexibility index (Phi) is 3.33. The van der Waals surface area contributed by atoms with Gasteiger partial charge >= 0.3 is 0 Å². The third-order valence-electron chi connectivity index (χ3n) is 3.04. The lowest BCUT2D eigenvalue weighted by Crippen LogP contribution is -2.18. The Morgan fingerprint density at radius 1 is 1.47 bits per heavy atom. The van der Waals surface area contributed by atoms with Crippen molar-refractivity contribution >= 4 is 28.7 Å². The number of nitrogens with two attached hydrogens (primary N) is 2. The summed E-state index contributed by atoms with van der Waals surface area (Å²) < 4.78 is 13.9. The van der Waals surface area contributed by atoms with Gasteiger partial charge in [-0.15, -0.1) is 0 Å². The zero-order chi connectivity index (χ0) is 12.6. The van der Waals surface area contributed by atoms with Gasteiger partial charge in [0.2, 0.25) is 0 Å². The van der Waals surface area contributed by atoms with Gasteiger partial charge in [-0.1, -0.05) is 24.4 Å². The molecule has 0 aliphatic heterocycles. The van der Waals surface area contributed by atoms with Crippen LogP contribution >= 0.6 is 11.6 Å². The summed E-state index contributed by atoms with van der Waals surface area (Å²) in [5.74, 6) is 0.206. The third kappa shape index (κ3) is 2.75. The van der Waals surface area contributed by atoms with Gasteiger partial charge in [-0.2, -0.15) is 0 Å². The minimum atomic E-state index is -0.563. The fourth-order valence-corrected chi connectivity index (χ4v) is 2.12. The summed E-state index contributed by atoms with van der Waals surface area (Å²) in [4.78, 5) is 0. The van der Waals surface area contributed by atoms with E-state index in [0.717, 1.165) is 12.3 Å². The number of rotatable bonds is 4. The molecule has 5 N–H and O–H groups in total. The lowest BCUT2D eigenvalue weighted by molar-refractivity contribution is 0.611. The summed E-state index contributed by atoms with van der Waals surface area (Å²) in [5, 5.41) is 3.01. The normalized spacial score (nSPS) is 16.9. The Balaban J connectivity index is 2.16. The number of anilines is 3. The molecule has 5 heteroatoms. The molecule has 2 rings (SSSR count). The topological polar surface area (TPSA) is 64.1 Å². The van der Waals surface area contributed by atoms with Crippen LogP contribution in [0.3, 0.4) is 0 Å². The van der Waals surface area contributed by atoms with Crippen molar-refractivity contribution in [2.75, 3.05) is 16.8 Å². The number of hydrogen-bond donors (Lipinski definition) is 3. The molecule has 1 saturated carbocycles. The van der Waals surface area contributed by atoms with E-state index in [-0.39, 0.29) is 22.4 Å². The Hall–Kier alpha value is -1.16. The maximum atomic E-state index is 13.9. The van der Waals surface area contributed by atoms with Crippen LogP contribution in [0, 0.1) is 11.7 Å². The smallest absolute Gasteiger partial charge is 0.169 e. The van der Waals surface area contributed by atoms with E-state index in [1.54, 1.807) is 0 Å². The van der Waals surface area contributed by atoms with Crippen molar-refractivity contribution in [3.63, 3.8) is 0 Å². The third-order valence-corrected chi connectivity index (χ3v) is 3.42. The van der Waals surface area contributed by atoms with E-state index in [4.69, 9.17) is 23.1 Å². The van der Waals surface area contributed by atoms with E-state index in [1.165, 1.54) is 18.9 Å². The van der Waals surface area contributed by atoms with Gasteiger partial charge in [-0.3, -0.25) is 0 Å². The number of benzene rings is 1. The molecule has 1 fully saturated rings. The van der Waals surface area contributed by atoms with Gasteiger partial charge in [0.25, 0.3) is 0 Å². The maximum absolute atomic E-state index is 13.9. The summed E-state index contributed by atoms with van der Waals surface area (Å²) in [5.41, 5.74) is 12.0. The predicted octanol–water partition coefficient (Wildman–Crippen LogP) is 3.24. The van der Waals surface area contributed by atoms with Gasteiger partial charge in [0.1, 0.15) is 5.02 Å². The second kappa shape index (κ2) is 4.61. The highest BCUT2D eigenvalue weighted by Gasteiger charge is 2.24. The van der Waals surface area contributed by atoms with Crippen LogP contribution in [0.25, 0.3) is 0 Å². The molecular formula is C12H17ClFN3. The fraction of sp³-hybridized carbons (Fsp3) is 0.500. The minimum Gasteiger partial charge on any atom is -0.397 e. The Labute approximate surface area is 105 Å². The summed E-state index contributed by atoms with van der Waals surface area (Å²) >= 11 is 5.76. The maximum Gasteiger partial charge on any atom is 0.169 e. The quantitative estimate of drug-likeness (QED) is 0.726. The second-order valence-electron chi connectivity index (χ2n) is 4.78. The Bertz CT molecular complexity index is 432. The molecular weight excluding hydrogens is 241 g/mol. The average Bonchev–Trinajstić information content (AvgIpc) is 3.05. The number of nitrogens with one attached hydrogen (secondary N) is 1. The van der Waals surface area contributed by atoms with Gasteiger partial charge in [0.05, 0.1) is 17.1 Å². The van der Waals surface area contributed by atoms with Crippen LogP contribution in [0.4, 0.5) is 21.5 Å². The molecule has 94 valence electrons. The van der Waals surface area contributed by atoms with Crippen molar-refractivity contribution in [1.29, 1.82) is 0 Å². The molecule has 0 spiro atoms. The van der Waals surface area contributed by atoms with Gasteiger partial charge in [0.15, 0.2) is 5.82 Å². The van der Waals surface area contributed by atoms with Gasteiger partial charge in [0, 0.05) is 6.04 Å². The van der Waals surface area contributed by atoms with Crippen molar-refractivity contribution in [1.82, 2.24) is 0 Å². The Morgan fingerprint density at radius 2 is 2.12 bits per heavy atom. The van der Waals surface area contributed by atoms with E-state index >= 15 is 0 Å². The SMILES string of the molecule is CC(CC1CC1)Nc1c(N)cc(N)c(Cl)c1F. The molecule has 0 amide bonds. The highest BCUT2D eigenvalue weighted by atomic mass is 35.5. The van der Waals surface area contributed by atoms with Crippen molar-refractivity contribution in [2.24, 2.45) is 5.92 Å². The molecule has 0 saturated heterocycles. The second-order valence-corrected chi connectivity index (χ2v) is 5.16. The van der Waals surface area contributed by atoms with E-state index in [2.05, 4.69) is 5.32 Å². The first kappa shape index (κ1) is 12.3. The van der Waals surface area contributed by atoms with Crippen LogP contribution in [0.5, 0.6) is 0 Å². The van der Waals surface area contributed by atoms with Crippen LogP contribution < -0.4 is 16.8 Å². The number of nitrogen functional groups attached to an aromatic ring is 2. The monoisotopic (exact) mass is 257 g/mol. The molecule has 1 atom stereocenters. The standard InChI is InChI=1S/C12H17ClFN3/c1-6(4-7-2-3-7)17-12-9(16)5-8(15)10(13)11(12)14/h5-7,17H,2-4,15-16H2,1H3. The minimum absolute atomic E-state index is 0.0691. The summed E-state index contributed by atoms with van der Waals surface area (Å²) in [6.45, 7) is 2.02. The largest absolute Gasteiger partial charge is 0.397 e. The molecule has 1 aliphatic rings. The van der Waals surface area contributed by atoms with Gasteiger partial charge < -0.3 is 16.8 Å². The first-order valence-corrected chi connectivity index (χ1v) is 6.16. The molecule has 0 heterocycles. The molecule has 3 nitrogen and oxygen atoms in total. The molecule has 0 bridgehead atoms. The first-order chi connectivity index (χ1) is 7.99. The van der Waals surface area contributed by atoms with Crippen molar-refractivity contribution in [3.8, 4) is 0 Å². The molecule has 1 aromatic carbocycles. The highest BCUT2D eigenvalue weighted by Crippen LogP contribution is 2.37. The van der Waals surface area contributed by atoms with Crippen molar-refractivity contribution < 1.29 is 4.39 Å². The van der Waals surface area contributed by atoms with Crippen molar-refractivity contribution in [2.45, 2.75) is 32.2 Å². The van der Waals surface area contributed by atoms with Gasteiger partial charge in [-0.25, -0.2) is 4.39 Å². The molecule has 1 aliphatic carbocycles. The lowest BCUT2D eigenvalue weighted by Gasteiger charge is -2.18. The van der Waals surface area contributed by atoms with E-state index < -0.39 is 5.82 Å². The summed E-state index contributed by atoms with van der Waals surface area (Å²) in [6.07, 6.45) is 3.57. The number of halogens is 2. The predicted molar refractivity (Wildman–Crippen MR) is 70.7 cm³/mol. The number of hydrogen-bond acceptors (Lipinski definition) is 3. The molecule has 1 unspecified atom stereocenters. The van der Waals surface area contributed by atoms with E-state index in [0.29, 0.717) is 5.69 Å². The fourth-order valence-electron chi connectivity index (χ4n) is 1.97. The zero-order valence-corrected chi connectivity index (χ0v) is 10.5. The first-order valence-electron chi connectivity index (χ1n) is 5.78. The van der Waals surface area contributed by atoms with Crippen LogP contribution in [0.15, 0.2) is 6.07 Å². The van der Waals surface area contributed by atoms with Crippen LogP contribution in [0.1, 0.15) is 26.2 Å². The zero-order valence-electron chi connectivity index (χ0n) is 9.76. The summed E-state index contributed by atoms with van der Waals surface area (Å²) in [6, 6.07) is 1.66. The highest BCUT2D eigenvalue weighted by molar-refractivity contribution is 6.33. The van der Waals surface area contributed by atoms with Crippen LogP contribution in [-0.2, 0) is 0 Å².